The molecule has 1 atom stereocenters. The van der Waals surface area contributed by atoms with Gasteiger partial charge in [-0.05, 0) is 36.1 Å². The Kier molecular flexibility index (Phi) is 5.66. The van der Waals surface area contributed by atoms with Crippen LogP contribution in [0.3, 0.4) is 0 Å². The first-order chi connectivity index (χ1) is 10.1. The molecule has 0 saturated heterocycles. The van der Waals surface area contributed by atoms with Crippen molar-refractivity contribution in [3.05, 3.63) is 64.7 Å². The number of hydrogen-bond acceptors (Lipinski definition) is 2. The van der Waals surface area contributed by atoms with E-state index in [0.29, 0.717) is 0 Å². The van der Waals surface area contributed by atoms with Gasteiger partial charge in [-0.1, -0.05) is 54.9 Å². The molecule has 2 rings (SSSR count). The van der Waals surface area contributed by atoms with Crippen LogP contribution >= 0.6 is 11.6 Å². The summed E-state index contributed by atoms with van der Waals surface area (Å²) in [7, 11) is 2.10. The first-order valence-electron chi connectivity index (χ1n) is 7.39. The standard InChI is InChI=1S/C18H23ClN2/c1-3-17(20)11-15-9-10-16(19)12-18(15)21(2)13-14-7-5-4-6-8-14/h4-10,12,17H,3,11,13,20H2,1-2H3. The summed E-state index contributed by atoms with van der Waals surface area (Å²) in [6, 6.07) is 16.7. The SMILES string of the molecule is CCC(N)Cc1ccc(Cl)cc1N(C)Cc1ccccc1. The van der Waals surface area contributed by atoms with E-state index >= 15 is 0 Å². The summed E-state index contributed by atoms with van der Waals surface area (Å²) in [6.07, 6.45) is 1.85. The highest BCUT2D eigenvalue weighted by Gasteiger charge is 2.11. The molecule has 2 nitrogen and oxygen atoms in total. The zero-order valence-corrected chi connectivity index (χ0v) is 13.5. The third-order valence-corrected chi connectivity index (χ3v) is 3.96. The van der Waals surface area contributed by atoms with Crippen LogP contribution in [0, 0.1) is 0 Å². The van der Waals surface area contributed by atoms with Gasteiger partial charge in [0.2, 0.25) is 0 Å². The smallest absolute Gasteiger partial charge is 0.0426 e. The summed E-state index contributed by atoms with van der Waals surface area (Å²) in [5.74, 6) is 0. The zero-order chi connectivity index (χ0) is 15.2. The number of rotatable bonds is 6. The van der Waals surface area contributed by atoms with Gasteiger partial charge in [-0.25, -0.2) is 0 Å². The Balaban J connectivity index is 2.22. The Morgan fingerprint density at radius 3 is 2.52 bits per heavy atom. The van der Waals surface area contributed by atoms with E-state index in [1.807, 2.05) is 18.2 Å². The van der Waals surface area contributed by atoms with Crippen molar-refractivity contribution < 1.29 is 0 Å². The molecule has 112 valence electrons. The molecule has 2 aromatic rings. The molecule has 1 unspecified atom stereocenters. The molecule has 0 bridgehead atoms. The van der Waals surface area contributed by atoms with Gasteiger partial charge in [0.05, 0.1) is 0 Å². The average Bonchev–Trinajstić information content (AvgIpc) is 2.49. The van der Waals surface area contributed by atoms with E-state index in [-0.39, 0.29) is 6.04 Å². The third kappa shape index (κ3) is 4.48. The van der Waals surface area contributed by atoms with Crippen LogP contribution in [0.1, 0.15) is 24.5 Å². The summed E-state index contributed by atoms with van der Waals surface area (Å²) in [6.45, 7) is 2.98. The molecular weight excluding hydrogens is 280 g/mol. The predicted molar refractivity (Wildman–Crippen MR) is 92.0 cm³/mol. The molecule has 0 heterocycles. The lowest BCUT2D eigenvalue weighted by Gasteiger charge is -2.24. The first kappa shape index (κ1) is 15.9. The van der Waals surface area contributed by atoms with Crippen molar-refractivity contribution >= 4 is 17.3 Å². The minimum atomic E-state index is 0.190. The number of nitrogens with zero attached hydrogens (tertiary/aromatic N) is 1. The summed E-state index contributed by atoms with van der Waals surface area (Å²) in [5, 5.41) is 0.763. The highest BCUT2D eigenvalue weighted by atomic mass is 35.5. The average molecular weight is 303 g/mol. The molecule has 21 heavy (non-hydrogen) atoms. The minimum Gasteiger partial charge on any atom is -0.370 e. The van der Waals surface area contributed by atoms with Gasteiger partial charge in [0, 0.05) is 30.3 Å². The van der Waals surface area contributed by atoms with E-state index in [1.54, 1.807) is 0 Å². The summed E-state index contributed by atoms with van der Waals surface area (Å²) in [4.78, 5) is 2.24. The van der Waals surface area contributed by atoms with Crippen LogP contribution in [0.15, 0.2) is 48.5 Å². The molecule has 0 amide bonds. The minimum absolute atomic E-state index is 0.190. The monoisotopic (exact) mass is 302 g/mol. The second-order valence-electron chi connectivity index (χ2n) is 5.49. The number of hydrogen-bond donors (Lipinski definition) is 1. The molecule has 0 aliphatic heterocycles. The van der Waals surface area contributed by atoms with Crippen LogP contribution in [-0.4, -0.2) is 13.1 Å². The third-order valence-electron chi connectivity index (χ3n) is 3.73. The van der Waals surface area contributed by atoms with Crippen LogP contribution in [0.25, 0.3) is 0 Å². The van der Waals surface area contributed by atoms with Crippen LogP contribution in [0.2, 0.25) is 5.02 Å². The Morgan fingerprint density at radius 2 is 1.86 bits per heavy atom. The van der Waals surface area contributed by atoms with Gasteiger partial charge in [-0.2, -0.15) is 0 Å². The van der Waals surface area contributed by atoms with E-state index in [2.05, 4.69) is 49.2 Å². The highest BCUT2D eigenvalue weighted by molar-refractivity contribution is 6.30. The molecule has 2 N–H and O–H groups in total. The lowest BCUT2D eigenvalue weighted by Crippen LogP contribution is -2.24. The lowest BCUT2D eigenvalue weighted by atomic mass is 10.0. The molecule has 0 fully saturated rings. The van der Waals surface area contributed by atoms with Crippen molar-refractivity contribution in [2.24, 2.45) is 5.73 Å². The van der Waals surface area contributed by atoms with Crippen LogP contribution < -0.4 is 10.6 Å². The quantitative estimate of drug-likeness (QED) is 0.864. The van der Waals surface area contributed by atoms with Crippen molar-refractivity contribution in [2.75, 3.05) is 11.9 Å². The van der Waals surface area contributed by atoms with Crippen molar-refractivity contribution in [1.29, 1.82) is 0 Å². The lowest BCUT2D eigenvalue weighted by molar-refractivity contribution is 0.645. The number of anilines is 1. The van der Waals surface area contributed by atoms with Crippen molar-refractivity contribution in [2.45, 2.75) is 32.4 Å². The van der Waals surface area contributed by atoms with Gasteiger partial charge >= 0.3 is 0 Å². The maximum Gasteiger partial charge on any atom is 0.0426 e. The fourth-order valence-corrected chi connectivity index (χ4v) is 2.60. The van der Waals surface area contributed by atoms with Crippen LogP contribution in [0.5, 0.6) is 0 Å². The molecule has 0 spiro atoms. The Labute approximate surface area is 132 Å². The number of benzene rings is 2. The van der Waals surface area contributed by atoms with E-state index in [4.69, 9.17) is 17.3 Å². The maximum atomic E-state index is 6.18. The second kappa shape index (κ2) is 7.48. The Hall–Kier alpha value is -1.51. The molecule has 3 heteroatoms. The topological polar surface area (TPSA) is 29.3 Å². The highest BCUT2D eigenvalue weighted by Crippen LogP contribution is 2.26. The van der Waals surface area contributed by atoms with Gasteiger partial charge in [-0.15, -0.1) is 0 Å². The van der Waals surface area contributed by atoms with E-state index < -0.39 is 0 Å². The largest absolute Gasteiger partial charge is 0.370 e. The molecule has 0 radical (unpaired) electrons. The number of nitrogens with two attached hydrogens (primary N) is 1. The van der Waals surface area contributed by atoms with Gasteiger partial charge in [0.15, 0.2) is 0 Å². The normalized spacial score (nSPS) is 12.2. The maximum absolute atomic E-state index is 6.18. The van der Waals surface area contributed by atoms with Crippen LogP contribution in [-0.2, 0) is 13.0 Å². The van der Waals surface area contributed by atoms with Gasteiger partial charge < -0.3 is 10.6 Å². The van der Waals surface area contributed by atoms with Crippen molar-refractivity contribution in [3.8, 4) is 0 Å². The molecule has 2 aromatic carbocycles. The van der Waals surface area contributed by atoms with E-state index in [0.717, 1.165) is 30.1 Å². The number of halogens is 1. The molecule has 0 aliphatic carbocycles. The fraction of sp³-hybridized carbons (Fsp3) is 0.333. The first-order valence-corrected chi connectivity index (χ1v) is 7.77. The molecule has 0 aliphatic rings. The molecular formula is C18H23ClN2. The predicted octanol–water partition coefficient (Wildman–Crippen LogP) is 4.26. The summed E-state index contributed by atoms with van der Waals surface area (Å²) < 4.78 is 0. The van der Waals surface area contributed by atoms with Crippen LogP contribution in [0.4, 0.5) is 5.69 Å². The summed E-state index contributed by atoms with van der Waals surface area (Å²) in [5.41, 5.74) is 9.82. The Morgan fingerprint density at radius 1 is 1.14 bits per heavy atom. The van der Waals surface area contributed by atoms with Crippen molar-refractivity contribution in [3.63, 3.8) is 0 Å². The van der Waals surface area contributed by atoms with Gasteiger partial charge in [0.25, 0.3) is 0 Å². The second-order valence-corrected chi connectivity index (χ2v) is 5.92. The zero-order valence-electron chi connectivity index (χ0n) is 12.7. The van der Waals surface area contributed by atoms with Gasteiger partial charge in [-0.3, -0.25) is 0 Å². The van der Waals surface area contributed by atoms with Crippen molar-refractivity contribution in [1.82, 2.24) is 0 Å². The summed E-state index contributed by atoms with van der Waals surface area (Å²) >= 11 is 6.18. The Bertz CT molecular complexity index is 569. The van der Waals surface area contributed by atoms with Gasteiger partial charge in [0.1, 0.15) is 0 Å². The van der Waals surface area contributed by atoms with E-state index in [9.17, 15) is 0 Å². The van der Waals surface area contributed by atoms with E-state index in [1.165, 1.54) is 11.1 Å². The molecule has 0 saturated carbocycles. The molecule has 0 aromatic heterocycles. The fourth-order valence-electron chi connectivity index (χ4n) is 2.43.